The molecule has 1 unspecified atom stereocenters. The number of rotatable bonds is 5. The molecule has 4 rings (SSSR count). The number of anilines is 1. The first-order valence-electron chi connectivity index (χ1n) is 10.3. The smallest absolute Gasteiger partial charge is 0.286 e. The number of hydrogen-bond donors (Lipinski definition) is 1. The van der Waals surface area contributed by atoms with Crippen LogP contribution in [-0.2, 0) is 4.79 Å². The van der Waals surface area contributed by atoms with Crippen molar-refractivity contribution in [3.8, 4) is 0 Å². The zero-order chi connectivity index (χ0) is 20.2. The number of carbonyl (C=O) groups excluding carboxylic acids is 2. The maximum atomic E-state index is 13.0. The molecular formula is C21H25FN4O2S. The van der Waals surface area contributed by atoms with Crippen molar-refractivity contribution in [1.82, 2.24) is 15.1 Å². The first-order valence-corrected chi connectivity index (χ1v) is 11.1. The Labute approximate surface area is 173 Å². The van der Waals surface area contributed by atoms with Gasteiger partial charge in [0.15, 0.2) is 0 Å². The average Bonchev–Trinajstić information content (AvgIpc) is 3.42. The highest BCUT2D eigenvalue weighted by molar-refractivity contribution is 7.13. The van der Waals surface area contributed by atoms with Gasteiger partial charge in [-0.05, 0) is 55.9 Å². The van der Waals surface area contributed by atoms with Crippen molar-refractivity contribution in [3.05, 3.63) is 40.1 Å². The van der Waals surface area contributed by atoms with Crippen molar-refractivity contribution >= 4 is 28.8 Å². The second kappa shape index (κ2) is 8.98. The van der Waals surface area contributed by atoms with E-state index in [4.69, 9.17) is 0 Å². The summed E-state index contributed by atoms with van der Waals surface area (Å²) < 4.78 is 13.0. The number of halogens is 1. The first kappa shape index (κ1) is 19.9. The van der Waals surface area contributed by atoms with E-state index in [9.17, 15) is 14.0 Å². The van der Waals surface area contributed by atoms with Crippen LogP contribution >= 0.6 is 11.3 Å². The second-order valence-corrected chi connectivity index (χ2v) is 8.95. The van der Waals surface area contributed by atoms with Crippen LogP contribution in [0.5, 0.6) is 0 Å². The molecule has 1 atom stereocenters. The van der Waals surface area contributed by atoms with Gasteiger partial charge in [0.05, 0.1) is 0 Å². The van der Waals surface area contributed by atoms with Crippen molar-refractivity contribution in [2.45, 2.75) is 50.9 Å². The minimum Gasteiger partial charge on any atom is -0.342 e. The van der Waals surface area contributed by atoms with E-state index in [0.29, 0.717) is 24.6 Å². The van der Waals surface area contributed by atoms with Gasteiger partial charge in [-0.1, -0.05) is 24.2 Å². The number of aromatic nitrogens is 2. The molecule has 0 spiro atoms. The molecule has 2 amide bonds. The molecule has 1 N–H and O–H groups in total. The normalized spacial score (nSPS) is 20.0. The van der Waals surface area contributed by atoms with Gasteiger partial charge in [-0.15, -0.1) is 10.2 Å². The molecule has 154 valence electrons. The molecule has 6 nitrogen and oxygen atoms in total. The third-order valence-electron chi connectivity index (χ3n) is 5.80. The van der Waals surface area contributed by atoms with E-state index in [1.54, 1.807) is 0 Å². The van der Waals surface area contributed by atoms with E-state index in [2.05, 4.69) is 15.5 Å². The summed E-state index contributed by atoms with van der Waals surface area (Å²) in [6.45, 7) is 1.46. The Kier molecular flexibility index (Phi) is 6.18. The molecule has 1 saturated carbocycles. The zero-order valence-corrected chi connectivity index (χ0v) is 17.1. The van der Waals surface area contributed by atoms with Gasteiger partial charge in [0.2, 0.25) is 10.9 Å². The maximum Gasteiger partial charge on any atom is 0.286 e. The lowest BCUT2D eigenvalue weighted by Gasteiger charge is -2.32. The number of hydrogen-bond acceptors (Lipinski definition) is 5. The molecule has 8 heteroatoms. The van der Waals surface area contributed by atoms with Gasteiger partial charge in [0.25, 0.3) is 5.91 Å². The van der Waals surface area contributed by atoms with E-state index in [1.165, 1.54) is 61.3 Å². The molecule has 1 aromatic heterocycles. The van der Waals surface area contributed by atoms with Crippen LogP contribution in [0.1, 0.15) is 65.7 Å². The van der Waals surface area contributed by atoms with Gasteiger partial charge < -0.3 is 10.2 Å². The predicted octanol–water partition coefficient (Wildman–Crippen LogP) is 4.22. The fourth-order valence-electron chi connectivity index (χ4n) is 4.20. The summed E-state index contributed by atoms with van der Waals surface area (Å²) in [6, 6.07) is 5.59. The van der Waals surface area contributed by atoms with Gasteiger partial charge in [0, 0.05) is 31.1 Å². The molecule has 1 aliphatic heterocycles. The summed E-state index contributed by atoms with van der Waals surface area (Å²) in [5.41, 5.74) is 0.509. The van der Waals surface area contributed by atoms with E-state index < -0.39 is 0 Å². The van der Waals surface area contributed by atoms with Crippen molar-refractivity contribution in [3.63, 3.8) is 0 Å². The summed E-state index contributed by atoms with van der Waals surface area (Å²) >= 11 is 1.27. The number of likely N-dealkylation sites (tertiary alicyclic amines) is 1. The topological polar surface area (TPSA) is 75.2 Å². The van der Waals surface area contributed by atoms with Gasteiger partial charge in [0.1, 0.15) is 10.8 Å². The van der Waals surface area contributed by atoms with Crippen LogP contribution in [0.25, 0.3) is 0 Å². The summed E-state index contributed by atoms with van der Waals surface area (Å²) in [5.74, 6) is 0.212. The van der Waals surface area contributed by atoms with E-state index in [0.717, 1.165) is 24.4 Å². The quantitative estimate of drug-likeness (QED) is 0.792. The van der Waals surface area contributed by atoms with Gasteiger partial charge in [-0.3, -0.25) is 9.59 Å². The molecule has 2 aromatic rings. The van der Waals surface area contributed by atoms with E-state index >= 15 is 0 Å². The Morgan fingerprint density at radius 2 is 1.86 bits per heavy atom. The SMILES string of the molecule is O=C(Nc1ccc(F)cc1)c1nnc(C2CCCN(C(=O)CC3CCCC3)C2)s1. The number of carbonyl (C=O) groups is 2. The predicted molar refractivity (Wildman–Crippen MR) is 109 cm³/mol. The minimum absolute atomic E-state index is 0.126. The van der Waals surface area contributed by atoms with Crippen LogP contribution in [0.3, 0.4) is 0 Å². The number of piperidine rings is 1. The average molecular weight is 417 g/mol. The van der Waals surface area contributed by atoms with Crippen LogP contribution in [0.2, 0.25) is 0 Å². The Balaban J connectivity index is 1.36. The second-order valence-electron chi connectivity index (χ2n) is 7.94. The fraction of sp³-hybridized carbons (Fsp3) is 0.524. The summed E-state index contributed by atoms with van der Waals surface area (Å²) in [7, 11) is 0. The van der Waals surface area contributed by atoms with E-state index in [1.807, 2.05) is 4.90 Å². The molecule has 2 heterocycles. The maximum absolute atomic E-state index is 13.0. The molecule has 1 aliphatic carbocycles. The summed E-state index contributed by atoms with van der Waals surface area (Å²) in [6.07, 6.45) is 7.38. The van der Waals surface area contributed by atoms with Crippen LogP contribution in [0.15, 0.2) is 24.3 Å². The molecular weight excluding hydrogens is 391 g/mol. The van der Waals surface area contributed by atoms with Crippen LogP contribution in [0, 0.1) is 11.7 Å². The Hall–Kier alpha value is -2.35. The fourth-order valence-corrected chi connectivity index (χ4v) is 5.07. The summed E-state index contributed by atoms with van der Waals surface area (Å²) in [5, 5.41) is 12.0. The van der Waals surface area contributed by atoms with Crippen molar-refractivity contribution in [2.75, 3.05) is 18.4 Å². The van der Waals surface area contributed by atoms with Crippen molar-refractivity contribution in [1.29, 1.82) is 0 Å². The lowest BCUT2D eigenvalue weighted by Crippen LogP contribution is -2.39. The molecule has 2 aliphatic rings. The minimum atomic E-state index is -0.356. The van der Waals surface area contributed by atoms with E-state index in [-0.39, 0.29) is 28.6 Å². The Morgan fingerprint density at radius 3 is 2.62 bits per heavy atom. The van der Waals surface area contributed by atoms with Gasteiger partial charge in [-0.25, -0.2) is 4.39 Å². The molecule has 29 heavy (non-hydrogen) atoms. The highest BCUT2D eigenvalue weighted by Crippen LogP contribution is 2.32. The number of amides is 2. The van der Waals surface area contributed by atoms with Gasteiger partial charge in [-0.2, -0.15) is 0 Å². The van der Waals surface area contributed by atoms with Crippen LogP contribution in [-0.4, -0.2) is 40.0 Å². The summed E-state index contributed by atoms with van der Waals surface area (Å²) in [4.78, 5) is 27.0. The first-order chi connectivity index (χ1) is 14.1. The molecule has 0 radical (unpaired) electrons. The lowest BCUT2D eigenvalue weighted by atomic mass is 9.97. The number of benzene rings is 1. The highest BCUT2D eigenvalue weighted by atomic mass is 32.1. The Bertz CT molecular complexity index is 864. The van der Waals surface area contributed by atoms with Crippen LogP contribution in [0.4, 0.5) is 10.1 Å². The van der Waals surface area contributed by atoms with Crippen LogP contribution < -0.4 is 5.32 Å². The molecule has 0 bridgehead atoms. The van der Waals surface area contributed by atoms with Crippen molar-refractivity contribution < 1.29 is 14.0 Å². The highest BCUT2D eigenvalue weighted by Gasteiger charge is 2.29. The van der Waals surface area contributed by atoms with Gasteiger partial charge >= 0.3 is 0 Å². The third-order valence-corrected chi connectivity index (χ3v) is 6.88. The standard InChI is InChI=1S/C21H25FN4O2S/c22-16-7-9-17(10-8-16)23-19(28)21-25-24-20(29-21)15-6-3-11-26(13-15)18(27)12-14-4-1-2-5-14/h7-10,14-15H,1-6,11-13H2,(H,23,28). The van der Waals surface area contributed by atoms with Crippen molar-refractivity contribution in [2.24, 2.45) is 5.92 Å². The third kappa shape index (κ3) is 4.98. The lowest BCUT2D eigenvalue weighted by molar-refractivity contribution is -0.133. The number of nitrogens with zero attached hydrogens (tertiary/aromatic N) is 3. The Morgan fingerprint density at radius 1 is 1.10 bits per heavy atom. The molecule has 2 fully saturated rings. The monoisotopic (exact) mass is 416 g/mol. The molecule has 1 aromatic carbocycles. The zero-order valence-electron chi connectivity index (χ0n) is 16.3. The molecule has 1 saturated heterocycles. The number of nitrogens with one attached hydrogen (secondary N) is 1. The largest absolute Gasteiger partial charge is 0.342 e.